The summed E-state index contributed by atoms with van der Waals surface area (Å²) in [5.41, 5.74) is 3.31. The van der Waals surface area contributed by atoms with Crippen molar-refractivity contribution in [1.82, 2.24) is 15.0 Å². The molecular formula is C25H20N4O3. The molecule has 2 heterocycles. The number of methoxy groups -OCH3 is 1. The van der Waals surface area contributed by atoms with E-state index >= 15 is 0 Å². The van der Waals surface area contributed by atoms with Gasteiger partial charge in [0.2, 0.25) is 0 Å². The second-order valence-electron chi connectivity index (χ2n) is 7.33. The number of hydrogen-bond acceptors (Lipinski definition) is 6. The summed E-state index contributed by atoms with van der Waals surface area (Å²) in [6.45, 7) is 0. The van der Waals surface area contributed by atoms with Crippen LogP contribution in [0.5, 0.6) is 5.75 Å². The van der Waals surface area contributed by atoms with Crippen molar-refractivity contribution < 1.29 is 14.4 Å². The van der Waals surface area contributed by atoms with Gasteiger partial charge in [-0.3, -0.25) is 4.79 Å². The van der Waals surface area contributed by atoms with Crippen molar-refractivity contribution in [3.05, 3.63) is 108 Å². The van der Waals surface area contributed by atoms with E-state index in [-0.39, 0.29) is 5.78 Å². The largest absolute Gasteiger partial charge is 0.497 e. The number of ether oxygens (including phenoxy) is 1. The van der Waals surface area contributed by atoms with Gasteiger partial charge in [0.25, 0.3) is 0 Å². The van der Waals surface area contributed by atoms with E-state index in [2.05, 4.69) is 15.4 Å². The number of benzene rings is 3. The maximum Gasteiger partial charge on any atom is 0.188 e. The van der Waals surface area contributed by atoms with Crippen LogP contribution in [0, 0.1) is 5.92 Å². The summed E-state index contributed by atoms with van der Waals surface area (Å²) in [5, 5.41) is 13.2. The Kier molecular flexibility index (Phi) is 5.21. The van der Waals surface area contributed by atoms with Crippen molar-refractivity contribution in [1.29, 1.82) is 0 Å². The first-order valence-electron chi connectivity index (χ1n) is 10.2. The van der Waals surface area contributed by atoms with Crippen LogP contribution in [0.3, 0.4) is 0 Å². The highest BCUT2D eigenvalue weighted by molar-refractivity contribution is 6.19. The summed E-state index contributed by atoms with van der Waals surface area (Å²) >= 11 is 0. The van der Waals surface area contributed by atoms with Crippen molar-refractivity contribution >= 4 is 11.5 Å². The average Bonchev–Trinajstić information content (AvgIpc) is 3.52. The van der Waals surface area contributed by atoms with Crippen LogP contribution in [0.15, 0.2) is 96.3 Å². The molecule has 7 nitrogen and oxygen atoms in total. The van der Waals surface area contributed by atoms with E-state index in [4.69, 9.17) is 9.57 Å². The fourth-order valence-corrected chi connectivity index (χ4v) is 3.73. The molecule has 0 saturated carbocycles. The van der Waals surface area contributed by atoms with E-state index in [9.17, 15) is 4.79 Å². The maximum atomic E-state index is 13.6. The number of aromatic nitrogens is 3. The minimum atomic E-state index is -0.683. The van der Waals surface area contributed by atoms with Crippen LogP contribution < -0.4 is 4.74 Å². The minimum absolute atomic E-state index is 0.105. The lowest BCUT2D eigenvalue weighted by atomic mass is 9.84. The summed E-state index contributed by atoms with van der Waals surface area (Å²) in [6.07, 6.45) is 0.937. The van der Waals surface area contributed by atoms with Crippen molar-refractivity contribution in [2.75, 3.05) is 7.11 Å². The van der Waals surface area contributed by atoms with Crippen molar-refractivity contribution in [2.45, 2.75) is 6.10 Å². The highest BCUT2D eigenvalue weighted by Crippen LogP contribution is 2.36. The summed E-state index contributed by atoms with van der Waals surface area (Å²) in [7, 11) is 1.59. The minimum Gasteiger partial charge on any atom is -0.497 e. The quantitative estimate of drug-likeness (QED) is 0.433. The molecule has 1 aliphatic rings. The molecule has 0 amide bonds. The van der Waals surface area contributed by atoms with E-state index in [0.717, 1.165) is 11.3 Å². The molecule has 0 fully saturated rings. The lowest BCUT2D eigenvalue weighted by molar-refractivity contribution is 0.0509. The van der Waals surface area contributed by atoms with Gasteiger partial charge in [-0.25, -0.2) is 0 Å². The number of para-hydroxylation sites is 1. The number of oxime groups is 1. The third-order valence-electron chi connectivity index (χ3n) is 5.38. The lowest BCUT2D eigenvalue weighted by Crippen LogP contribution is -2.27. The van der Waals surface area contributed by atoms with Gasteiger partial charge in [-0.05, 0) is 36.4 Å². The third kappa shape index (κ3) is 3.65. The van der Waals surface area contributed by atoms with Crippen LogP contribution in [0.2, 0.25) is 0 Å². The van der Waals surface area contributed by atoms with E-state index in [1.54, 1.807) is 37.6 Å². The maximum absolute atomic E-state index is 13.6. The Hall–Kier alpha value is -4.26. The van der Waals surface area contributed by atoms with Gasteiger partial charge in [-0.15, -0.1) is 5.10 Å². The van der Waals surface area contributed by atoms with Crippen LogP contribution in [0.25, 0.3) is 5.69 Å². The molecule has 1 aliphatic heterocycles. The highest BCUT2D eigenvalue weighted by Gasteiger charge is 2.43. The Morgan fingerprint density at radius 2 is 1.62 bits per heavy atom. The molecular weight excluding hydrogens is 404 g/mol. The standard InChI is InChI=1S/C25H20N4O3/c1-31-20-14-12-18(13-15-20)24(30)22-23(17-8-4-2-5-9-17)28-32-25(22)21-16-26-29(27-21)19-10-6-3-7-11-19/h2-16,22,25H,1H3. The Balaban J connectivity index is 1.52. The second kappa shape index (κ2) is 8.47. The summed E-state index contributed by atoms with van der Waals surface area (Å²) < 4.78 is 5.22. The van der Waals surface area contributed by atoms with Gasteiger partial charge in [0.15, 0.2) is 11.9 Å². The number of carbonyl (C=O) groups excluding carboxylic acids is 1. The zero-order valence-corrected chi connectivity index (χ0v) is 17.3. The van der Waals surface area contributed by atoms with Crippen molar-refractivity contribution in [3.63, 3.8) is 0 Å². The molecule has 7 heteroatoms. The van der Waals surface area contributed by atoms with Gasteiger partial charge in [0.05, 0.1) is 19.0 Å². The van der Waals surface area contributed by atoms with Gasteiger partial charge in [-0.2, -0.15) is 9.90 Å². The second-order valence-corrected chi connectivity index (χ2v) is 7.33. The monoisotopic (exact) mass is 424 g/mol. The molecule has 3 aromatic carbocycles. The highest BCUT2D eigenvalue weighted by atomic mass is 16.6. The first-order valence-corrected chi connectivity index (χ1v) is 10.2. The predicted octanol–water partition coefficient (Wildman–Crippen LogP) is 4.25. The van der Waals surface area contributed by atoms with Gasteiger partial charge < -0.3 is 9.57 Å². The average molecular weight is 424 g/mol. The molecule has 0 spiro atoms. The molecule has 158 valence electrons. The smallest absolute Gasteiger partial charge is 0.188 e. The van der Waals surface area contributed by atoms with E-state index < -0.39 is 12.0 Å². The number of nitrogens with zero attached hydrogens (tertiary/aromatic N) is 4. The van der Waals surface area contributed by atoms with Crippen molar-refractivity contribution in [3.8, 4) is 11.4 Å². The van der Waals surface area contributed by atoms with Crippen LogP contribution in [-0.4, -0.2) is 33.6 Å². The molecule has 0 saturated heterocycles. The number of Topliss-reactive ketones (excluding diaryl/α,β-unsaturated/α-hetero) is 1. The topological polar surface area (TPSA) is 78.6 Å². The van der Waals surface area contributed by atoms with Crippen LogP contribution in [0.1, 0.15) is 27.7 Å². The van der Waals surface area contributed by atoms with E-state index in [1.165, 1.54) is 4.80 Å². The zero-order chi connectivity index (χ0) is 21.9. The Morgan fingerprint density at radius 1 is 0.938 bits per heavy atom. The summed E-state index contributed by atoms with van der Waals surface area (Å²) in [5.74, 6) is -0.0812. The molecule has 0 bridgehead atoms. The van der Waals surface area contributed by atoms with Gasteiger partial charge in [0, 0.05) is 11.1 Å². The molecule has 5 rings (SSSR count). The fraction of sp³-hybridized carbons (Fsp3) is 0.120. The van der Waals surface area contributed by atoms with Gasteiger partial charge in [-0.1, -0.05) is 53.7 Å². The molecule has 0 N–H and O–H groups in total. The molecule has 2 atom stereocenters. The molecule has 1 aromatic heterocycles. The van der Waals surface area contributed by atoms with Crippen LogP contribution in [0.4, 0.5) is 0 Å². The number of carbonyl (C=O) groups is 1. The Morgan fingerprint density at radius 3 is 2.31 bits per heavy atom. The zero-order valence-electron chi connectivity index (χ0n) is 17.3. The molecule has 32 heavy (non-hydrogen) atoms. The fourth-order valence-electron chi connectivity index (χ4n) is 3.73. The first kappa shape index (κ1) is 19.7. The third-order valence-corrected chi connectivity index (χ3v) is 5.38. The number of ketones is 1. The molecule has 0 aliphatic carbocycles. The predicted molar refractivity (Wildman–Crippen MR) is 119 cm³/mol. The Bertz CT molecular complexity index is 1250. The van der Waals surface area contributed by atoms with Crippen LogP contribution >= 0.6 is 0 Å². The van der Waals surface area contributed by atoms with E-state index in [0.29, 0.717) is 22.7 Å². The summed E-state index contributed by atoms with van der Waals surface area (Å²) in [4.78, 5) is 20.9. The SMILES string of the molecule is COc1ccc(C(=O)C2C(c3ccccc3)=NOC2c2cnn(-c3ccccc3)n2)cc1. The van der Waals surface area contributed by atoms with Gasteiger partial charge >= 0.3 is 0 Å². The molecule has 0 radical (unpaired) electrons. The summed E-state index contributed by atoms with van der Waals surface area (Å²) in [6, 6.07) is 26.2. The van der Waals surface area contributed by atoms with Crippen LogP contribution in [-0.2, 0) is 4.84 Å². The lowest BCUT2D eigenvalue weighted by Gasteiger charge is -2.16. The molecule has 2 unspecified atom stereocenters. The molecule has 4 aromatic rings. The van der Waals surface area contributed by atoms with E-state index in [1.807, 2.05) is 60.7 Å². The van der Waals surface area contributed by atoms with Crippen molar-refractivity contribution in [2.24, 2.45) is 11.1 Å². The first-order chi connectivity index (χ1) is 15.7. The number of hydrogen-bond donors (Lipinski definition) is 0. The number of rotatable bonds is 6. The Labute approximate surface area is 184 Å². The normalized spacial score (nSPS) is 17.5. The van der Waals surface area contributed by atoms with Gasteiger partial charge in [0.1, 0.15) is 23.1 Å².